The van der Waals surface area contributed by atoms with E-state index in [4.69, 9.17) is 0 Å². The first-order chi connectivity index (χ1) is 6.68. The molecule has 14 heavy (non-hydrogen) atoms. The zero-order valence-corrected chi connectivity index (χ0v) is 9.31. The molecular weight excluding hydrogens is 192 g/mol. The molecular formula is C12H16OS. The molecule has 76 valence electrons. The number of hydrogen-bond donors (Lipinski definition) is 1. The number of aryl methyl sites for hydroxylation is 1. The second kappa shape index (κ2) is 3.95. The van der Waals surface area contributed by atoms with Crippen molar-refractivity contribution in [3.63, 3.8) is 0 Å². The van der Waals surface area contributed by atoms with Crippen LogP contribution in [0.2, 0.25) is 0 Å². The Kier molecular flexibility index (Phi) is 2.84. The Balaban J connectivity index is 2.10. The molecule has 0 saturated carbocycles. The summed E-state index contributed by atoms with van der Waals surface area (Å²) in [5.74, 6) is 1.99. The lowest BCUT2D eigenvalue weighted by Gasteiger charge is -2.21. The summed E-state index contributed by atoms with van der Waals surface area (Å²) in [6.45, 7) is 2.09. The van der Waals surface area contributed by atoms with E-state index in [-0.39, 0.29) is 0 Å². The van der Waals surface area contributed by atoms with Gasteiger partial charge in [-0.1, -0.05) is 29.8 Å². The monoisotopic (exact) mass is 208 g/mol. The largest absolute Gasteiger partial charge is 0.389 e. The number of hydrogen-bond acceptors (Lipinski definition) is 2. The van der Waals surface area contributed by atoms with Crippen LogP contribution >= 0.6 is 11.8 Å². The first-order valence-corrected chi connectivity index (χ1v) is 6.19. The minimum absolute atomic E-state index is 0.446. The van der Waals surface area contributed by atoms with Crippen molar-refractivity contribution in [2.45, 2.75) is 25.4 Å². The summed E-state index contributed by atoms with van der Waals surface area (Å²) in [5, 5.41) is 10.2. The van der Waals surface area contributed by atoms with Gasteiger partial charge in [-0.3, -0.25) is 0 Å². The third kappa shape index (κ3) is 2.31. The Hall–Kier alpha value is -0.470. The summed E-state index contributed by atoms with van der Waals surface area (Å²) in [6, 6.07) is 8.43. The van der Waals surface area contributed by atoms with Gasteiger partial charge in [0.2, 0.25) is 0 Å². The molecule has 1 aliphatic rings. The smallest absolute Gasteiger partial charge is 0.0785 e. The highest BCUT2D eigenvalue weighted by Crippen LogP contribution is 2.30. The Morgan fingerprint density at radius 1 is 1.50 bits per heavy atom. The van der Waals surface area contributed by atoms with Gasteiger partial charge in [-0.15, -0.1) is 0 Å². The maximum atomic E-state index is 10.2. The van der Waals surface area contributed by atoms with E-state index in [0.717, 1.165) is 24.3 Å². The molecule has 1 heterocycles. The van der Waals surface area contributed by atoms with Crippen LogP contribution in [-0.4, -0.2) is 22.2 Å². The van der Waals surface area contributed by atoms with Crippen LogP contribution < -0.4 is 0 Å². The van der Waals surface area contributed by atoms with Gasteiger partial charge >= 0.3 is 0 Å². The average Bonchev–Trinajstić information content (AvgIpc) is 2.51. The highest BCUT2D eigenvalue weighted by atomic mass is 32.2. The van der Waals surface area contributed by atoms with E-state index in [1.807, 2.05) is 11.8 Å². The minimum atomic E-state index is -0.446. The van der Waals surface area contributed by atoms with Crippen LogP contribution in [0.25, 0.3) is 0 Å². The minimum Gasteiger partial charge on any atom is -0.389 e. The average molecular weight is 208 g/mol. The van der Waals surface area contributed by atoms with E-state index in [0.29, 0.717) is 0 Å². The fraction of sp³-hybridized carbons (Fsp3) is 0.500. The van der Waals surface area contributed by atoms with Crippen LogP contribution in [0.4, 0.5) is 0 Å². The molecule has 1 fully saturated rings. The van der Waals surface area contributed by atoms with E-state index in [1.165, 1.54) is 11.1 Å². The van der Waals surface area contributed by atoms with E-state index in [2.05, 4.69) is 31.2 Å². The Bertz CT molecular complexity index is 316. The second-order valence-electron chi connectivity index (χ2n) is 4.19. The summed E-state index contributed by atoms with van der Waals surface area (Å²) in [7, 11) is 0. The maximum Gasteiger partial charge on any atom is 0.0785 e. The molecule has 1 N–H and O–H groups in total. The van der Waals surface area contributed by atoms with Crippen molar-refractivity contribution in [3.8, 4) is 0 Å². The molecule has 2 rings (SSSR count). The van der Waals surface area contributed by atoms with Crippen molar-refractivity contribution in [3.05, 3.63) is 35.4 Å². The quantitative estimate of drug-likeness (QED) is 0.805. The van der Waals surface area contributed by atoms with Crippen molar-refractivity contribution >= 4 is 11.8 Å². The zero-order valence-electron chi connectivity index (χ0n) is 8.49. The number of rotatable bonds is 2. The molecule has 0 bridgehead atoms. The lowest BCUT2D eigenvalue weighted by molar-refractivity contribution is 0.0686. The Labute approximate surface area is 89.5 Å². The van der Waals surface area contributed by atoms with Crippen molar-refractivity contribution in [1.82, 2.24) is 0 Å². The molecule has 0 amide bonds. The van der Waals surface area contributed by atoms with E-state index >= 15 is 0 Å². The van der Waals surface area contributed by atoms with Crippen molar-refractivity contribution < 1.29 is 5.11 Å². The summed E-state index contributed by atoms with van der Waals surface area (Å²) in [6.07, 6.45) is 1.74. The fourth-order valence-electron chi connectivity index (χ4n) is 1.94. The van der Waals surface area contributed by atoms with Gasteiger partial charge in [-0.05, 0) is 24.7 Å². The highest BCUT2D eigenvalue weighted by Gasteiger charge is 2.31. The molecule has 0 aromatic heterocycles. The van der Waals surface area contributed by atoms with Crippen LogP contribution in [0.5, 0.6) is 0 Å². The second-order valence-corrected chi connectivity index (χ2v) is 5.30. The molecule has 1 unspecified atom stereocenters. The normalized spacial score (nSPS) is 26.7. The zero-order chi connectivity index (χ0) is 10.0. The molecule has 1 aromatic carbocycles. The predicted molar refractivity (Wildman–Crippen MR) is 61.8 cm³/mol. The van der Waals surface area contributed by atoms with Gasteiger partial charge in [0.15, 0.2) is 0 Å². The molecule has 1 aromatic rings. The summed E-state index contributed by atoms with van der Waals surface area (Å²) in [4.78, 5) is 0. The van der Waals surface area contributed by atoms with Gasteiger partial charge in [0.1, 0.15) is 0 Å². The van der Waals surface area contributed by atoms with E-state index < -0.39 is 5.60 Å². The SMILES string of the molecule is Cc1cccc(CC2(O)CCSC2)c1. The topological polar surface area (TPSA) is 20.2 Å². The fourth-order valence-corrected chi connectivity index (χ4v) is 3.23. The van der Waals surface area contributed by atoms with Gasteiger partial charge in [-0.2, -0.15) is 11.8 Å². The number of aliphatic hydroxyl groups is 1. The van der Waals surface area contributed by atoms with E-state index in [1.54, 1.807) is 0 Å². The van der Waals surface area contributed by atoms with Crippen LogP contribution in [0.15, 0.2) is 24.3 Å². The van der Waals surface area contributed by atoms with Crippen LogP contribution in [0.1, 0.15) is 17.5 Å². The first kappa shape index (κ1) is 10.1. The maximum absolute atomic E-state index is 10.2. The van der Waals surface area contributed by atoms with Gasteiger partial charge in [0, 0.05) is 12.2 Å². The van der Waals surface area contributed by atoms with Crippen LogP contribution in [0.3, 0.4) is 0 Å². The van der Waals surface area contributed by atoms with Crippen molar-refractivity contribution in [2.75, 3.05) is 11.5 Å². The Morgan fingerprint density at radius 2 is 2.36 bits per heavy atom. The molecule has 2 heteroatoms. The standard InChI is InChI=1S/C12H16OS/c1-10-3-2-4-11(7-10)8-12(13)5-6-14-9-12/h2-4,7,13H,5-6,8-9H2,1H3. The number of thioether (sulfide) groups is 1. The van der Waals surface area contributed by atoms with Crippen LogP contribution in [-0.2, 0) is 6.42 Å². The van der Waals surface area contributed by atoms with E-state index in [9.17, 15) is 5.11 Å². The molecule has 0 spiro atoms. The first-order valence-electron chi connectivity index (χ1n) is 5.04. The molecule has 0 aliphatic carbocycles. The van der Waals surface area contributed by atoms with Crippen LogP contribution in [0, 0.1) is 6.92 Å². The molecule has 1 atom stereocenters. The summed E-state index contributed by atoms with van der Waals surface area (Å²) < 4.78 is 0. The Morgan fingerprint density at radius 3 is 3.00 bits per heavy atom. The number of benzene rings is 1. The lowest BCUT2D eigenvalue weighted by atomic mass is 9.93. The van der Waals surface area contributed by atoms with Gasteiger partial charge in [0.25, 0.3) is 0 Å². The molecule has 0 radical (unpaired) electrons. The highest BCUT2D eigenvalue weighted by molar-refractivity contribution is 7.99. The molecule has 1 aliphatic heterocycles. The van der Waals surface area contributed by atoms with Gasteiger partial charge < -0.3 is 5.11 Å². The predicted octanol–water partition coefficient (Wildman–Crippen LogP) is 2.41. The van der Waals surface area contributed by atoms with Gasteiger partial charge in [-0.25, -0.2) is 0 Å². The summed E-state index contributed by atoms with van der Waals surface area (Å²) in [5.41, 5.74) is 2.09. The lowest BCUT2D eigenvalue weighted by Crippen LogP contribution is -2.30. The third-order valence-corrected chi connectivity index (χ3v) is 3.93. The molecule has 1 nitrogen and oxygen atoms in total. The van der Waals surface area contributed by atoms with Crippen molar-refractivity contribution in [2.24, 2.45) is 0 Å². The van der Waals surface area contributed by atoms with Crippen molar-refractivity contribution in [1.29, 1.82) is 0 Å². The third-order valence-electron chi connectivity index (χ3n) is 2.70. The van der Waals surface area contributed by atoms with Gasteiger partial charge in [0.05, 0.1) is 5.60 Å². The summed E-state index contributed by atoms with van der Waals surface area (Å²) >= 11 is 1.85. The molecule has 1 saturated heterocycles.